The van der Waals surface area contributed by atoms with Crippen molar-refractivity contribution in [2.24, 2.45) is 0 Å². The number of para-hydroxylation sites is 2. The maximum absolute atomic E-state index is 13.6. The van der Waals surface area contributed by atoms with Crippen LogP contribution in [0.5, 0.6) is 5.75 Å². The first-order valence-electron chi connectivity index (χ1n) is 14.0. The van der Waals surface area contributed by atoms with Crippen molar-refractivity contribution in [3.63, 3.8) is 0 Å². The summed E-state index contributed by atoms with van der Waals surface area (Å²) in [6.45, 7) is 1.85. The third-order valence-electron chi connectivity index (χ3n) is 7.27. The van der Waals surface area contributed by atoms with Crippen molar-refractivity contribution in [1.29, 1.82) is 0 Å². The Balaban J connectivity index is 0.00000442. The molecule has 4 aromatic rings. The van der Waals surface area contributed by atoms with E-state index in [0.29, 0.717) is 25.5 Å². The Morgan fingerprint density at radius 2 is 1.59 bits per heavy atom. The van der Waals surface area contributed by atoms with Crippen molar-refractivity contribution in [2.45, 2.75) is 35.5 Å². The number of anilines is 3. The predicted octanol–water partition coefficient (Wildman–Crippen LogP) is 7.15. The van der Waals surface area contributed by atoms with Gasteiger partial charge in [-0.3, -0.25) is 15.2 Å². The zero-order valence-corrected chi connectivity index (χ0v) is 27.3. The Kier molecular flexibility index (Phi) is 11.6. The zero-order valence-electron chi connectivity index (χ0n) is 24.1. The van der Waals surface area contributed by atoms with E-state index in [1.165, 1.54) is 19.6 Å². The van der Waals surface area contributed by atoms with Crippen LogP contribution in [0.2, 0.25) is 0 Å². The summed E-state index contributed by atoms with van der Waals surface area (Å²) in [7, 11) is 1.40. The van der Waals surface area contributed by atoms with Gasteiger partial charge in [-0.05, 0) is 85.5 Å². The van der Waals surface area contributed by atoms with Crippen LogP contribution < -0.4 is 20.1 Å². The molecule has 1 heterocycles. The van der Waals surface area contributed by atoms with Gasteiger partial charge >= 0.3 is 5.97 Å². The summed E-state index contributed by atoms with van der Waals surface area (Å²) in [6.07, 6.45) is 3.36. The molecular formula is C33H33BrClN3O5S. The highest BCUT2D eigenvalue weighted by atomic mass is 79.9. The van der Waals surface area contributed by atoms with E-state index in [0.717, 1.165) is 37.3 Å². The van der Waals surface area contributed by atoms with E-state index in [9.17, 15) is 19.2 Å². The Morgan fingerprint density at radius 3 is 2.25 bits per heavy atom. The van der Waals surface area contributed by atoms with Gasteiger partial charge in [-0.2, -0.15) is 0 Å². The highest BCUT2D eigenvalue weighted by Gasteiger charge is 2.23. The van der Waals surface area contributed by atoms with Crippen molar-refractivity contribution in [2.75, 3.05) is 30.1 Å². The van der Waals surface area contributed by atoms with Crippen LogP contribution in [0.4, 0.5) is 17.1 Å². The van der Waals surface area contributed by atoms with Crippen molar-refractivity contribution in [1.82, 2.24) is 5.43 Å². The number of carboxylic acids is 1. The fourth-order valence-corrected chi connectivity index (χ4v) is 6.67. The fraction of sp³-hybridized carbons (Fsp3) is 0.212. The van der Waals surface area contributed by atoms with Crippen LogP contribution in [0.15, 0.2) is 105 Å². The molecule has 5 rings (SSSR count). The molecule has 1 aliphatic rings. The van der Waals surface area contributed by atoms with Gasteiger partial charge in [0.15, 0.2) is 9.79 Å². The van der Waals surface area contributed by atoms with Crippen molar-refractivity contribution < 1.29 is 24.0 Å². The second kappa shape index (κ2) is 15.3. The number of hydrazine groups is 1. The standard InChI is InChI=1S/C33H32BrN3O5S.ClH/c1-42-31-20-23(28(34)22-27(31)33(39)40)21-32(38)35-37(30-13-7-6-12-29(30)36-18-8-3-9-19-36)24-14-16-26(17-15-24)43(41)25-10-4-2-5-11-25;/h2,4-7,10-17,20,22H,3,8-9,18-19,21H2,1H3,(H,35,38)(H,39,40);1H. The molecule has 44 heavy (non-hydrogen) atoms. The average molecular weight is 699 g/mol. The number of hydrogen-bond donors (Lipinski definition) is 2. The molecule has 0 spiro atoms. The second-order valence-corrected chi connectivity index (χ2v) is 12.4. The molecule has 0 saturated carbocycles. The van der Waals surface area contributed by atoms with E-state index < -0.39 is 17.1 Å². The van der Waals surface area contributed by atoms with Gasteiger partial charge in [0.05, 0.1) is 30.6 Å². The molecule has 1 amide bonds. The summed E-state index contributed by atoms with van der Waals surface area (Å²) < 4.78 is 18.9. The second-order valence-electron chi connectivity index (χ2n) is 10.1. The Hall–Kier alpha value is -3.70. The Labute approximate surface area is 274 Å². The molecule has 1 unspecified atom stereocenters. The summed E-state index contributed by atoms with van der Waals surface area (Å²) in [4.78, 5) is 28.9. The van der Waals surface area contributed by atoms with Crippen LogP contribution in [0, 0.1) is 0 Å². The quantitative estimate of drug-likeness (QED) is 0.134. The fourth-order valence-electron chi connectivity index (χ4n) is 5.12. The number of piperidine rings is 1. The van der Waals surface area contributed by atoms with Crippen LogP contribution in [0.1, 0.15) is 35.2 Å². The molecular weight excluding hydrogens is 666 g/mol. The molecule has 1 fully saturated rings. The van der Waals surface area contributed by atoms with Gasteiger partial charge in [0.2, 0.25) is 5.91 Å². The molecule has 8 nitrogen and oxygen atoms in total. The van der Waals surface area contributed by atoms with Gasteiger partial charge < -0.3 is 19.3 Å². The van der Waals surface area contributed by atoms with Gasteiger partial charge in [-0.25, -0.2) is 4.79 Å². The van der Waals surface area contributed by atoms with Crippen molar-refractivity contribution in [3.05, 3.63) is 107 Å². The summed E-state index contributed by atoms with van der Waals surface area (Å²) in [5, 5.41) is 11.3. The smallest absolute Gasteiger partial charge is 0.339 e. The van der Waals surface area contributed by atoms with Crippen LogP contribution in [0.3, 0.4) is 0 Å². The number of carbonyl (C=O) groups is 2. The normalized spacial score (nSPS) is 13.4. The first-order valence-corrected chi connectivity index (χ1v) is 15.9. The third kappa shape index (κ3) is 7.68. The lowest BCUT2D eigenvalue weighted by atomic mass is 10.1. The van der Waals surface area contributed by atoms with Crippen LogP contribution in [0.25, 0.3) is 0 Å². The van der Waals surface area contributed by atoms with Gasteiger partial charge in [-0.15, -0.1) is 12.4 Å². The summed E-state index contributed by atoms with van der Waals surface area (Å²) >= 11 is 2.08. The van der Waals surface area contributed by atoms with Crippen molar-refractivity contribution in [3.8, 4) is 5.75 Å². The Morgan fingerprint density at radius 1 is 0.955 bits per heavy atom. The lowest BCUT2D eigenvalue weighted by Gasteiger charge is -2.34. The van der Waals surface area contributed by atoms with Gasteiger partial charge in [0, 0.05) is 28.7 Å². The maximum atomic E-state index is 13.6. The number of benzene rings is 4. The summed E-state index contributed by atoms with van der Waals surface area (Å²) in [6, 6.07) is 27.6. The maximum Gasteiger partial charge on any atom is 0.339 e. The number of carboxylic acid groups (broad SMARTS) is 1. The average Bonchev–Trinajstić information content (AvgIpc) is 3.05. The first-order chi connectivity index (χ1) is 20.9. The molecule has 0 aliphatic carbocycles. The monoisotopic (exact) mass is 697 g/mol. The number of nitrogens with one attached hydrogen (secondary N) is 1. The van der Waals surface area contributed by atoms with E-state index in [1.54, 1.807) is 11.1 Å². The largest absolute Gasteiger partial charge is 0.606 e. The number of hydrogen-bond acceptors (Lipinski definition) is 6. The lowest BCUT2D eigenvalue weighted by molar-refractivity contribution is -0.120. The number of amides is 1. The molecule has 0 aromatic heterocycles. The summed E-state index contributed by atoms with van der Waals surface area (Å²) in [5.74, 6) is -1.25. The van der Waals surface area contributed by atoms with E-state index in [4.69, 9.17) is 4.74 Å². The third-order valence-corrected chi connectivity index (χ3v) is 9.41. The molecule has 1 atom stereocenters. The highest BCUT2D eigenvalue weighted by Crippen LogP contribution is 2.36. The van der Waals surface area contributed by atoms with Gasteiger partial charge in [0.1, 0.15) is 11.3 Å². The van der Waals surface area contributed by atoms with Gasteiger partial charge in [-0.1, -0.05) is 46.3 Å². The van der Waals surface area contributed by atoms with Crippen LogP contribution in [-0.2, 0) is 22.4 Å². The van der Waals surface area contributed by atoms with Crippen molar-refractivity contribution >= 4 is 68.5 Å². The highest BCUT2D eigenvalue weighted by molar-refractivity contribution is 9.10. The number of rotatable bonds is 10. The minimum atomic E-state index is -1.34. The first kappa shape index (κ1) is 33.2. The summed E-state index contributed by atoms with van der Waals surface area (Å²) in [5.41, 5.74) is 6.18. The van der Waals surface area contributed by atoms with E-state index in [1.807, 2.05) is 72.8 Å². The number of methoxy groups -OCH3 is 1. The molecule has 11 heteroatoms. The van der Waals surface area contributed by atoms with Gasteiger partial charge in [0.25, 0.3) is 0 Å². The minimum Gasteiger partial charge on any atom is -0.606 e. The lowest BCUT2D eigenvalue weighted by Crippen LogP contribution is -2.41. The van der Waals surface area contributed by atoms with Crippen LogP contribution >= 0.6 is 28.3 Å². The molecule has 1 aliphatic heterocycles. The molecule has 0 bridgehead atoms. The number of aromatic carboxylic acids is 1. The number of ether oxygens (including phenoxy) is 1. The number of carbonyl (C=O) groups excluding carboxylic acids is 1. The predicted molar refractivity (Wildman–Crippen MR) is 179 cm³/mol. The SMILES string of the molecule is COc1cc(CC(=O)NN(c2ccc([S+]([O-])c3ccccc3)cc2)c2ccccc2N2CCCCC2)c(Br)cc1C(=O)O.Cl. The topological polar surface area (TPSA) is 105 Å². The molecule has 230 valence electrons. The van der Waals surface area contributed by atoms with E-state index in [-0.39, 0.29) is 36.0 Å². The number of nitrogens with zero attached hydrogens (tertiary/aromatic N) is 2. The molecule has 0 radical (unpaired) electrons. The molecule has 4 aromatic carbocycles. The Bertz CT molecular complexity index is 1590. The molecule has 2 N–H and O–H groups in total. The zero-order chi connectivity index (χ0) is 30.3. The number of halogens is 2. The van der Waals surface area contributed by atoms with E-state index >= 15 is 0 Å². The van der Waals surface area contributed by atoms with E-state index in [2.05, 4.69) is 32.3 Å². The van der Waals surface area contributed by atoms with Crippen LogP contribution in [-0.4, -0.2) is 41.7 Å². The minimum absolute atomic E-state index is 0. The molecule has 1 saturated heterocycles.